The largest absolute Gasteiger partial charge is 0.473 e. The van der Waals surface area contributed by atoms with Crippen LogP contribution in [0.15, 0.2) is 30.5 Å². The van der Waals surface area contributed by atoms with Gasteiger partial charge in [0.1, 0.15) is 12.7 Å². The van der Waals surface area contributed by atoms with Gasteiger partial charge in [0.15, 0.2) is 0 Å². The molecule has 0 bridgehead atoms. The number of hydrogen-bond acceptors (Lipinski definition) is 5. The Labute approximate surface area is 118 Å². The lowest BCUT2D eigenvalue weighted by atomic mass is 10.1. The molecule has 0 amide bonds. The van der Waals surface area contributed by atoms with Crippen LogP contribution < -0.4 is 10.1 Å². The summed E-state index contributed by atoms with van der Waals surface area (Å²) in [5.41, 5.74) is -0.156. The highest BCUT2D eigenvalue weighted by Crippen LogP contribution is 2.22. The third-order valence-electron chi connectivity index (χ3n) is 3.35. The van der Waals surface area contributed by atoms with E-state index in [1.54, 1.807) is 6.20 Å². The highest BCUT2D eigenvalue weighted by Gasteiger charge is 2.28. The van der Waals surface area contributed by atoms with Gasteiger partial charge in [0.25, 0.3) is 0 Å². The summed E-state index contributed by atoms with van der Waals surface area (Å²) in [5.74, 6) is 0.565. The van der Waals surface area contributed by atoms with Crippen molar-refractivity contribution in [2.45, 2.75) is 25.6 Å². The number of rotatable bonds is 3. The number of nitrogens with one attached hydrogen (secondary N) is 1. The van der Waals surface area contributed by atoms with Gasteiger partial charge in [0.2, 0.25) is 5.88 Å². The van der Waals surface area contributed by atoms with Crippen LogP contribution >= 0.6 is 0 Å². The van der Waals surface area contributed by atoms with Crippen molar-refractivity contribution >= 4 is 10.8 Å². The fourth-order valence-corrected chi connectivity index (χ4v) is 2.44. The number of ether oxygens (including phenoxy) is 2. The van der Waals surface area contributed by atoms with Gasteiger partial charge < -0.3 is 14.8 Å². The molecule has 5 nitrogen and oxygen atoms in total. The minimum atomic E-state index is -0.156. The zero-order valence-electron chi connectivity index (χ0n) is 11.8. The number of morpholine rings is 1. The number of aromatic nitrogens is 2. The quantitative estimate of drug-likeness (QED) is 0.923. The number of nitrogens with zero attached hydrogens (tertiary/aromatic N) is 2. The molecule has 0 radical (unpaired) electrons. The number of benzene rings is 1. The molecule has 0 aliphatic carbocycles. The van der Waals surface area contributed by atoms with Crippen LogP contribution in [0.3, 0.4) is 0 Å². The van der Waals surface area contributed by atoms with Crippen molar-refractivity contribution in [1.82, 2.24) is 15.5 Å². The first kappa shape index (κ1) is 13.3. The Bertz CT molecular complexity index is 595. The Hall–Kier alpha value is -1.72. The molecule has 1 saturated heterocycles. The molecule has 1 fully saturated rings. The fourth-order valence-electron chi connectivity index (χ4n) is 2.44. The molecule has 1 unspecified atom stereocenters. The summed E-state index contributed by atoms with van der Waals surface area (Å²) in [6.07, 6.45) is 1.77. The van der Waals surface area contributed by atoms with Gasteiger partial charge in [-0.2, -0.15) is 5.10 Å². The fraction of sp³-hybridized carbons (Fsp3) is 0.467. The highest BCUT2D eigenvalue weighted by atomic mass is 16.6. The maximum atomic E-state index is 5.97. The molecule has 106 valence electrons. The first-order valence-electron chi connectivity index (χ1n) is 6.86. The Morgan fingerprint density at radius 1 is 1.40 bits per heavy atom. The van der Waals surface area contributed by atoms with E-state index < -0.39 is 0 Å². The van der Waals surface area contributed by atoms with Crippen molar-refractivity contribution in [1.29, 1.82) is 0 Å². The first-order valence-corrected chi connectivity index (χ1v) is 6.86. The molecular formula is C15H19N3O2. The first-order chi connectivity index (χ1) is 9.64. The Morgan fingerprint density at radius 2 is 2.25 bits per heavy atom. The third kappa shape index (κ3) is 2.89. The zero-order chi connectivity index (χ0) is 14.0. The summed E-state index contributed by atoms with van der Waals surface area (Å²) < 4.78 is 11.8. The number of fused-ring (bicyclic) bond motifs is 1. The Balaban J connectivity index is 1.71. The minimum absolute atomic E-state index is 0.0273. The smallest absolute Gasteiger partial charge is 0.241 e. The Kier molecular flexibility index (Phi) is 3.54. The van der Waals surface area contributed by atoms with E-state index in [9.17, 15) is 0 Å². The molecule has 0 spiro atoms. The summed E-state index contributed by atoms with van der Waals surface area (Å²) in [7, 11) is 0. The van der Waals surface area contributed by atoms with Gasteiger partial charge in [0.05, 0.1) is 11.8 Å². The van der Waals surface area contributed by atoms with Gasteiger partial charge in [-0.1, -0.05) is 18.2 Å². The number of hydrogen-bond donors (Lipinski definition) is 1. The lowest BCUT2D eigenvalue weighted by molar-refractivity contribution is -0.107. The molecule has 3 rings (SSSR count). The van der Waals surface area contributed by atoms with Crippen LogP contribution in [0, 0.1) is 0 Å². The topological polar surface area (TPSA) is 56.3 Å². The molecule has 2 heterocycles. The SMILES string of the molecule is CC1(C)CNCC(COc2nncc3ccccc23)O1. The van der Waals surface area contributed by atoms with Crippen molar-refractivity contribution in [3.63, 3.8) is 0 Å². The molecule has 1 N–H and O–H groups in total. The van der Waals surface area contributed by atoms with E-state index >= 15 is 0 Å². The normalized spacial score (nSPS) is 21.8. The summed E-state index contributed by atoms with van der Waals surface area (Å²) >= 11 is 0. The van der Waals surface area contributed by atoms with Crippen molar-refractivity contribution in [3.8, 4) is 5.88 Å². The average Bonchev–Trinajstić information content (AvgIpc) is 2.44. The lowest BCUT2D eigenvalue weighted by Gasteiger charge is -2.36. The van der Waals surface area contributed by atoms with Crippen molar-refractivity contribution in [3.05, 3.63) is 30.5 Å². The van der Waals surface area contributed by atoms with Crippen LogP contribution in [0.4, 0.5) is 0 Å². The monoisotopic (exact) mass is 273 g/mol. The van der Waals surface area contributed by atoms with E-state index in [1.807, 2.05) is 24.3 Å². The van der Waals surface area contributed by atoms with Crippen LogP contribution in [0.2, 0.25) is 0 Å². The second kappa shape index (κ2) is 5.34. The molecule has 1 aromatic heterocycles. The van der Waals surface area contributed by atoms with Gasteiger partial charge in [-0.15, -0.1) is 5.10 Å². The predicted octanol–water partition coefficient (Wildman–Crippen LogP) is 1.78. The predicted molar refractivity (Wildman–Crippen MR) is 76.9 cm³/mol. The van der Waals surface area contributed by atoms with E-state index in [0.717, 1.165) is 23.9 Å². The van der Waals surface area contributed by atoms with Crippen LogP contribution in [0.5, 0.6) is 5.88 Å². The van der Waals surface area contributed by atoms with Crippen LogP contribution in [-0.2, 0) is 4.74 Å². The van der Waals surface area contributed by atoms with Crippen LogP contribution in [-0.4, -0.2) is 41.6 Å². The van der Waals surface area contributed by atoms with E-state index in [4.69, 9.17) is 9.47 Å². The summed E-state index contributed by atoms with van der Waals surface area (Å²) in [4.78, 5) is 0. The van der Waals surface area contributed by atoms with Gasteiger partial charge in [-0.3, -0.25) is 0 Å². The third-order valence-corrected chi connectivity index (χ3v) is 3.35. The van der Waals surface area contributed by atoms with Crippen molar-refractivity contribution < 1.29 is 9.47 Å². The van der Waals surface area contributed by atoms with Crippen molar-refractivity contribution in [2.75, 3.05) is 19.7 Å². The second-order valence-electron chi connectivity index (χ2n) is 5.68. The lowest BCUT2D eigenvalue weighted by Crippen LogP contribution is -2.52. The molecule has 1 aliphatic heterocycles. The Morgan fingerprint density at radius 3 is 3.10 bits per heavy atom. The molecular weight excluding hydrogens is 254 g/mol. The second-order valence-corrected chi connectivity index (χ2v) is 5.68. The molecule has 0 saturated carbocycles. The molecule has 1 aromatic carbocycles. The molecule has 20 heavy (non-hydrogen) atoms. The summed E-state index contributed by atoms with van der Waals surface area (Å²) in [6.45, 7) is 6.27. The maximum absolute atomic E-state index is 5.97. The van der Waals surface area contributed by atoms with Crippen molar-refractivity contribution in [2.24, 2.45) is 0 Å². The highest BCUT2D eigenvalue weighted by molar-refractivity contribution is 5.85. The van der Waals surface area contributed by atoms with E-state index in [-0.39, 0.29) is 11.7 Å². The molecule has 1 aliphatic rings. The van der Waals surface area contributed by atoms with Gasteiger partial charge in [-0.05, 0) is 19.9 Å². The van der Waals surface area contributed by atoms with Crippen LogP contribution in [0.25, 0.3) is 10.8 Å². The zero-order valence-corrected chi connectivity index (χ0v) is 11.8. The summed E-state index contributed by atoms with van der Waals surface area (Å²) in [6, 6.07) is 7.94. The van der Waals surface area contributed by atoms with E-state index in [1.165, 1.54) is 0 Å². The van der Waals surface area contributed by atoms with Gasteiger partial charge in [0, 0.05) is 23.9 Å². The maximum Gasteiger partial charge on any atom is 0.241 e. The molecule has 5 heteroatoms. The molecule has 1 atom stereocenters. The van der Waals surface area contributed by atoms with E-state index in [2.05, 4.69) is 29.4 Å². The summed E-state index contributed by atoms with van der Waals surface area (Å²) in [5, 5.41) is 13.4. The van der Waals surface area contributed by atoms with Gasteiger partial charge >= 0.3 is 0 Å². The average molecular weight is 273 g/mol. The van der Waals surface area contributed by atoms with Crippen LogP contribution in [0.1, 0.15) is 13.8 Å². The molecule has 2 aromatic rings. The minimum Gasteiger partial charge on any atom is -0.473 e. The standard InChI is InChI=1S/C15H19N3O2/c1-15(2)10-16-8-12(20-15)9-19-14-13-6-4-3-5-11(13)7-17-18-14/h3-7,12,16H,8-10H2,1-2H3. The van der Waals surface area contributed by atoms with Gasteiger partial charge in [-0.25, -0.2) is 0 Å². The van der Waals surface area contributed by atoms with E-state index in [0.29, 0.717) is 12.5 Å².